The van der Waals surface area contributed by atoms with Gasteiger partial charge in [0.15, 0.2) is 0 Å². The zero-order valence-corrected chi connectivity index (χ0v) is 16.6. The lowest BCUT2D eigenvalue weighted by molar-refractivity contribution is 0.184. The van der Waals surface area contributed by atoms with Crippen molar-refractivity contribution in [1.82, 2.24) is 15.6 Å². The highest BCUT2D eigenvalue weighted by molar-refractivity contribution is 5.94. The van der Waals surface area contributed by atoms with E-state index in [2.05, 4.69) is 63.2 Å². The van der Waals surface area contributed by atoms with Crippen LogP contribution in [0.1, 0.15) is 32.6 Å². The summed E-state index contributed by atoms with van der Waals surface area (Å²) in [5, 5.41) is 10.2. The highest BCUT2D eigenvalue weighted by atomic mass is 15.2. The van der Waals surface area contributed by atoms with Gasteiger partial charge in [-0.1, -0.05) is 19.1 Å². The van der Waals surface area contributed by atoms with E-state index in [1.165, 1.54) is 24.1 Å². The monoisotopic (exact) mass is 378 g/mol. The lowest BCUT2D eigenvalue weighted by Crippen LogP contribution is -2.45. The fraction of sp³-hybridized carbons (Fsp3) is 0.545. The molecule has 1 saturated carbocycles. The normalized spacial score (nSPS) is 28.4. The van der Waals surface area contributed by atoms with Crippen molar-refractivity contribution in [3.05, 3.63) is 42.3 Å². The second kappa shape index (κ2) is 7.24. The van der Waals surface area contributed by atoms with Crippen molar-refractivity contribution >= 4 is 17.5 Å². The van der Waals surface area contributed by atoms with Gasteiger partial charge in [-0.3, -0.25) is 0 Å². The van der Waals surface area contributed by atoms with Gasteiger partial charge in [0, 0.05) is 37.8 Å². The number of nitrogens with one attached hydrogen (secondary N) is 3. The number of nitrogens with zero attached hydrogens (tertiary/aromatic N) is 3. The minimum Gasteiger partial charge on any atom is -0.368 e. The highest BCUT2D eigenvalue weighted by Crippen LogP contribution is 2.51. The largest absolute Gasteiger partial charge is 0.368 e. The van der Waals surface area contributed by atoms with Crippen molar-refractivity contribution in [1.29, 1.82) is 0 Å². The molecule has 1 saturated heterocycles. The van der Waals surface area contributed by atoms with Crippen molar-refractivity contribution in [2.45, 2.75) is 38.6 Å². The molecule has 1 spiro atoms. The molecule has 3 heterocycles. The Morgan fingerprint density at radius 1 is 1.18 bits per heavy atom. The summed E-state index contributed by atoms with van der Waals surface area (Å²) in [6.45, 7) is 6.47. The fourth-order valence-corrected chi connectivity index (χ4v) is 5.09. The van der Waals surface area contributed by atoms with Crippen LogP contribution in [-0.2, 0) is 0 Å². The topological polar surface area (TPSA) is 64.6 Å². The van der Waals surface area contributed by atoms with Gasteiger partial charge in [-0.05, 0) is 49.3 Å². The van der Waals surface area contributed by atoms with Crippen LogP contribution in [0.4, 0.5) is 11.5 Å². The van der Waals surface area contributed by atoms with Crippen molar-refractivity contribution in [2.75, 3.05) is 36.4 Å². The number of rotatable bonds is 2. The molecule has 148 valence electrons. The lowest BCUT2D eigenvalue weighted by Gasteiger charge is -2.45. The quantitative estimate of drug-likeness (QED) is 0.691. The van der Waals surface area contributed by atoms with Gasteiger partial charge in [0.2, 0.25) is 5.96 Å². The standard InChI is InChI=1S/C22H30N6/c1-16-6-9-22(7-2-3-8-22)20-18(16)15-25-21(27-20)26-19-5-4-17(14-24-19)28-12-10-23-11-13-28/h2-5,14-16,20,23H,6-13H2,1H3,(H2,24,25,26,27). The van der Waals surface area contributed by atoms with Gasteiger partial charge in [0.05, 0.1) is 17.9 Å². The molecular formula is C22H30N6. The summed E-state index contributed by atoms with van der Waals surface area (Å²) in [5.74, 6) is 2.26. The van der Waals surface area contributed by atoms with Gasteiger partial charge < -0.3 is 20.9 Å². The molecule has 2 fully saturated rings. The molecule has 1 aromatic rings. The van der Waals surface area contributed by atoms with E-state index in [4.69, 9.17) is 4.99 Å². The Hall–Kier alpha value is -2.34. The molecule has 0 aromatic carbocycles. The average molecular weight is 379 g/mol. The average Bonchev–Trinajstić information content (AvgIpc) is 3.22. The van der Waals surface area contributed by atoms with E-state index >= 15 is 0 Å². The molecule has 2 unspecified atom stereocenters. The molecule has 5 rings (SSSR count). The van der Waals surface area contributed by atoms with Crippen LogP contribution in [0.2, 0.25) is 0 Å². The van der Waals surface area contributed by atoms with E-state index in [0.717, 1.165) is 50.8 Å². The Kier molecular flexibility index (Phi) is 4.59. The van der Waals surface area contributed by atoms with E-state index in [1.54, 1.807) is 0 Å². The van der Waals surface area contributed by atoms with Gasteiger partial charge in [-0.15, -0.1) is 0 Å². The number of aliphatic imine (C=N–C) groups is 1. The molecule has 6 heteroatoms. The minimum absolute atomic E-state index is 0.273. The number of hydrogen-bond acceptors (Lipinski definition) is 6. The molecule has 0 amide bonds. The first kappa shape index (κ1) is 17.7. The molecule has 2 aliphatic heterocycles. The van der Waals surface area contributed by atoms with Crippen LogP contribution < -0.4 is 20.9 Å². The number of pyridine rings is 1. The zero-order chi connectivity index (χ0) is 19.0. The van der Waals surface area contributed by atoms with E-state index in [1.807, 2.05) is 6.20 Å². The highest BCUT2D eigenvalue weighted by Gasteiger charge is 2.46. The summed E-state index contributed by atoms with van der Waals surface area (Å²) in [6.07, 6.45) is 13.7. The summed E-state index contributed by atoms with van der Waals surface area (Å²) in [5.41, 5.74) is 2.93. The third-order valence-electron chi connectivity index (χ3n) is 6.87. The predicted octanol–water partition coefficient (Wildman–Crippen LogP) is 2.88. The van der Waals surface area contributed by atoms with Gasteiger partial charge >= 0.3 is 0 Å². The van der Waals surface area contributed by atoms with Crippen LogP contribution in [0.25, 0.3) is 0 Å². The third-order valence-corrected chi connectivity index (χ3v) is 6.87. The molecule has 4 aliphatic rings. The van der Waals surface area contributed by atoms with Crippen LogP contribution in [0.3, 0.4) is 0 Å². The van der Waals surface area contributed by atoms with E-state index in [9.17, 15) is 0 Å². The Labute approximate surface area is 167 Å². The number of aromatic nitrogens is 1. The number of hydrogen-bond donors (Lipinski definition) is 3. The Morgan fingerprint density at radius 3 is 2.75 bits per heavy atom. The van der Waals surface area contributed by atoms with E-state index in [-0.39, 0.29) is 11.5 Å². The lowest BCUT2D eigenvalue weighted by atomic mass is 9.63. The SMILES string of the molecule is CC1CCC2(CC=CC2)C2N=C(Nc3ccc(N4CCNCC4)cn3)NC=C12. The van der Waals surface area contributed by atoms with Crippen molar-refractivity contribution in [3.8, 4) is 0 Å². The van der Waals surface area contributed by atoms with Gasteiger partial charge in [0.1, 0.15) is 5.82 Å². The van der Waals surface area contributed by atoms with Crippen molar-refractivity contribution in [2.24, 2.45) is 16.3 Å². The Morgan fingerprint density at radius 2 is 2.00 bits per heavy atom. The summed E-state index contributed by atoms with van der Waals surface area (Å²) >= 11 is 0. The Balaban J connectivity index is 1.31. The van der Waals surface area contributed by atoms with E-state index < -0.39 is 0 Å². The summed E-state index contributed by atoms with van der Waals surface area (Å²) in [6, 6.07) is 4.48. The molecule has 0 radical (unpaired) electrons. The first-order valence-corrected chi connectivity index (χ1v) is 10.6. The molecule has 28 heavy (non-hydrogen) atoms. The fourth-order valence-electron chi connectivity index (χ4n) is 5.09. The summed E-state index contributed by atoms with van der Waals surface area (Å²) < 4.78 is 0. The van der Waals surface area contributed by atoms with E-state index in [0.29, 0.717) is 5.92 Å². The van der Waals surface area contributed by atoms with Crippen molar-refractivity contribution < 1.29 is 0 Å². The van der Waals surface area contributed by atoms with Crippen LogP contribution in [0.5, 0.6) is 0 Å². The molecule has 0 bridgehead atoms. The Bertz CT molecular complexity index is 795. The summed E-state index contributed by atoms with van der Waals surface area (Å²) in [7, 11) is 0. The predicted molar refractivity (Wildman–Crippen MR) is 115 cm³/mol. The minimum atomic E-state index is 0.273. The smallest absolute Gasteiger partial charge is 0.201 e. The molecule has 2 aliphatic carbocycles. The van der Waals surface area contributed by atoms with Crippen LogP contribution in [0, 0.1) is 11.3 Å². The number of fused-ring (bicyclic) bond motifs is 2. The number of guanidine groups is 1. The first-order valence-electron chi connectivity index (χ1n) is 10.6. The second-order valence-electron chi connectivity index (χ2n) is 8.61. The molecule has 1 aromatic heterocycles. The molecule has 6 nitrogen and oxygen atoms in total. The molecule has 2 atom stereocenters. The number of anilines is 2. The van der Waals surface area contributed by atoms with Gasteiger partial charge in [-0.25, -0.2) is 9.98 Å². The number of piperazine rings is 1. The van der Waals surface area contributed by atoms with Gasteiger partial charge in [0.25, 0.3) is 0 Å². The maximum Gasteiger partial charge on any atom is 0.201 e. The molecule has 3 N–H and O–H groups in total. The summed E-state index contributed by atoms with van der Waals surface area (Å²) in [4.78, 5) is 12.1. The van der Waals surface area contributed by atoms with Crippen LogP contribution >= 0.6 is 0 Å². The molecular weight excluding hydrogens is 348 g/mol. The zero-order valence-electron chi connectivity index (χ0n) is 16.6. The number of allylic oxidation sites excluding steroid dienone is 2. The first-order chi connectivity index (χ1) is 13.7. The van der Waals surface area contributed by atoms with Crippen LogP contribution in [0.15, 0.2) is 47.2 Å². The maximum atomic E-state index is 5.12. The second-order valence-corrected chi connectivity index (χ2v) is 8.61. The van der Waals surface area contributed by atoms with Gasteiger partial charge in [-0.2, -0.15) is 0 Å². The van der Waals surface area contributed by atoms with Crippen LogP contribution in [-0.4, -0.2) is 43.2 Å². The maximum absolute atomic E-state index is 5.12. The third kappa shape index (κ3) is 3.20. The van der Waals surface area contributed by atoms with Crippen molar-refractivity contribution in [3.63, 3.8) is 0 Å².